The first-order chi connectivity index (χ1) is 6.74. The van der Waals surface area contributed by atoms with Crippen LogP contribution in [0, 0.1) is 5.92 Å². The first-order valence-electron chi connectivity index (χ1n) is 5.59. The van der Waals surface area contributed by atoms with E-state index in [2.05, 4.69) is 11.8 Å². The number of ether oxygens (including phenoxy) is 1. The fraction of sp³-hybridized carbons (Fsp3) is 1.00. The first-order valence-corrected chi connectivity index (χ1v) is 6.03. The van der Waals surface area contributed by atoms with Gasteiger partial charge >= 0.3 is 0 Å². The van der Waals surface area contributed by atoms with Gasteiger partial charge in [-0.05, 0) is 45.2 Å². The fourth-order valence-electron chi connectivity index (χ4n) is 2.07. The number of piperidine rings is 1. The molecule has 0 aromatic carbocycles. The number of nitrogens with zero attached hydrogens (tertiary/aromatic N) is 1. The zero-order valence-electron chi connectivity index (χ0n) is 9.34. The number of likely N-dealkylation sites (tertiary alicyclic amines) is 1. The molecular formula is C11H22ClNO. The Bertz CT molecular complexity index is 144. The third-order valence-corrected chi connectivity index (χ3v) is 3.46. The molecule has 1 heterocycles. The van der Waals surface area contributed by atoms with Gasteiger partial charge in [-0.15, -0.1) is 11.6 Å². The Morgan fingerprint density at radius 2 is 2.07 bits per heavy atom. The van der Waals surface area contributed by atoms with Crippen LogP contribution in [0.3, 0.4) is 0 Å². The molecule has 2 nitrogen and oxygen atoms in total. The fourth-order valence-corrected chi connectivity index (χ4v) is 2.32. The van der Waals surface area contributed by atoms with Crippen molar-refractivity contribution in [1.82, 2.24) is 4.90 Å². The maximum absolute atomic E-state index is 6.09. The maximum atomic E-state index is 6.09. The summed E-state index contributed by atoms with van der Waals surface area (Å²) in [6, 6.07) is 0. The summed E-state index contributed by atoms with van der Waals surface area (Å²) < 4.78 is 5.04. The average molecular weight is 220 g/mol. The molecule has 0 bridgehead atoms. The van der Waals surface area contributed by atoms with E-state index in [1.54, 1.807) is 7.11 Å². The number of methoxy groups -OCH3 is 1. The molecule has 0 spiro atoms. The zero-order valence-corrected chi connectivity index (χ0v) is 10.1. The standard InChI is InChI=1S/C11H22ClNO/c1-10(12)11-4-7-13(8-5-11)6-3-9-14-2/h10-11H,3-9H2,1-2H3. The summed E-state index contributed by atoms with van der Waals surface area (Å²) in [6.45, 7) is 6.60. The summed E-state index contributed by atoms with van der Waals surface area (Å²) in [5, 5.41) is 0.344. The highest BCUT2D eigenvalue weighted by molar-refractivity contribution is 6.20. The van der Waals surface area contributed by atoms with Crippen LogP contribution in [-0.2, 0) is 4.74 Å². The largest absolute Gasteiger partial charge is 0.385 e. The molecular weight excluding hydrogens is 198 g/mol. The normalized spacial score (nSPS) is 22.5. The van der Waals surface area contributed by atoms with Gasteiger partial charge in [-0.25, -0.2) is 0 Å². The molecule has 0 amide bonds. The molecule has 1 aliphatic rings. The van der Waals surface area contributed by atoms with E-state index in [1.165, 1.54) is 32.5 Å². The molecule has 0 aliphatic carbocycles. The van der Waals surface area contributed by atoms with Gasteiger partial charge in [-0.2, -0.15) is 0 Å². The Kier molecular flexibility index (Phi) is 5.83. The van der Waals surface area contributed by atoms with Crippen molar-refractivity contribution in [2.24, 2.45) is 5.92 Å². The Hall–Kier alpha value is 0.210. The van der Waals surface area contributed by atoms with Gasteiger partial charge in [0.25, 0.3) is 0 Å². The highest BCUT2D eigenvalue weighted by atomic mass is 35.5. The van der Waals surface area contributed by atoms with Gasteiger partial charge in [0.05, 0.1) is 0 Å². The summed E-state index contributed by atoms with van der Waals surface area (Å²) in [5.74, 6) is 0.732. The van der Waals surface area contributed by atoms with Crippen LogP contribution in [0.1, 0.15) is 26.2 Å². The smallest absolute Gasteiger partial charge is 0.0474 e. The Morgan fingerprint density at radius 3 is 2.57 bits per heavy atom. The van der Waals surface area contributed by atoms with E-state index in [0.717, 1.165) is 18.9 Å². The van der Waals surface area contributed by atoms with Gasteiger partial charge in [-0.1, -0.05) is 0 Å². The molecule has 3 heteroatoms. The van der Waals surface area contributed by atoms with E-state index in [1.807, 2.05) is 0 Å². The van der Waals surface area contributed by atoms with Crippen molar-refractivity contribution in [1.29, 1.82) is 0 Å². The van der Waals surface area contributed by atoms with Crippen LogP contribution < -0.4 is 0 Å². The second-order valence-corrected chi connectivity index (χ2v) is 4.89. The van der Waals surface area contributed by atoms with Crippen molar-refractivity contribution >= 4 is 11.6 Å². The number of halogens is 1. The van der Waals surface area contributed by atoms with Crippen LogP contribution in [-0.4, -0.2) is 43.6 Å². The van der Waals surface area contributed by atoms with Gasteiger partial charge < -0.3 is 9.64 Å². The van der Waals surface area contributed by atoms with Crippen molar-refractivity contribution in [3.63, 3.8) is 0 Å². The van der Waals surface area contributed by atoms with Crippen molar-refractivity contribution in [2.45, 2.75) is 31.6 Å². The van der Waals surface area contributed by atoms with E-state index in [9.17, 15) is 0 Å². The highest BCUT2D eigenvalue weighted by Gasteiger charge is 2.21. The monoisotopic (exact) mass is 219 g/mol. The Labute approximate surface area is 92.6 Å². The predicted octanol–water partition coefficient (Wildman–Crippen LogP) is 2.36. The minimum atomic E-state index is 0.344. The SMILES string of the molecule is COCCCN1CCC(C(C)Cl)CC1. The predicted molar refractivity (Wildman–Crippen MR) is 61.0 cm³/mol. The third-order valence-electron chi connectivity index (χ3n) is 3.10. The number of rotatable bonds is 5. The van der Waals surface area contributed by atoms with Crippen LogP contribution in [0.15, 0.2) is 0 Å². The molecule has 1 aliphatic heterocycles. The van der Waals surface area contributed by atoms with Crippen molar-refractivity contribution in [3.8, 4) is 0 Å². The molecule has 0 N–H and O–H groups in total. The van der Waals surface area contributed by atoms with Crippen molar-refractivity contribution < 1.29 is 4.74 Å². The van der Waals surface area contributed by atoms with E-state index in [-0.39, 0.29) is 0 Å². The van der Waals surface area contributed by atoms with E-state index in [0.29, 0.717) is 5.38 Å². The summed E-state index contributed by atoms with van der Waals surface area (Å²) in [7, 11) is 1.77. The van der Waals surface area contributed by atoms with Crippen LogP contribution in [0.25, 0.3) is 0 Å². The van der Waals surface area contributed by atoms with E-state index in [4.69, 9.17) is 16.3 Å². The second-order valence-electron chi connectivity index (χ2n) is 4.20. The molecule has 1 rings (SSSR count). The average Bonchev–Trinajstić information content (AvgIpc) is 2.19. The second kappa shape index (κ2) is 6.65. The van der Waals surface area contributed by atoms with Gasteiger partial charge in [0, 0.05) is 25.6 Å². The van der Waals surface area contributed by atoms with Crippen LogP contribution in [0.5, 0.6) is 0 Å². The van der Waals surface area contributed by atoms with Gasteiger partial charge in [0.2, 0.25) is 0 Å². The zero-order chi connectivity index (χ0) is 10.4. The Morgan fingerprint density at radius 1 is 1.43 bits per heavy atom. The Balaban J connectivity index is 2.09. The number of hydrogen-bond acceptors (Lipinski definition) is 2. The van der Waals surface area contributed by atoms with Gasteiger partial charge in [-0.3, -0.25) is 0 Å². The van der Waals surface area contributed by atoms with Crippen LogP contribution in [0.4, 0.5) is 0 Å². The van der Waals surface area contributed by atoms with Crippen LogP contribution >= 0.6 is 11.6 Å². The van der Waals surface area contributed by atoms with E-state index >= 15 is 0 Å². The molecule has 0 saturated carbocycles. The maximum Gasteiger partial charge on any atom is 0.0474 e. The highest BCUT2D eigenvalue weighted by Crippen LogP contribution is 2.23. The minimum absolute atomic E-state index is 0.344. The topological polar surface area (TPSA) is 12.5 Å². The summed E-state index contributed by atoms with van der Waals surface area (Å²) >= 11 is 6.09. The lowest BCUT2D eigenvalue weighted by molar-refractivity contribution is 0.146. The number of alkyl halides is 1. The molecule has 1 saturated heterocycles. The minimum Gasteiger partial charge on any atom is -0.385 e. The summed E-state index contributed by atoms with van der Waals surface area (Å²) in [4.78, 5) is 2.52. The molecule has 14 heavy (non-hydrogen) atoms. The van der Waals surface area contributed by atoms with Gasteiger partial charge in [0.15, 0.2) is 0 Å². The summed E-state index contributed by atoms with van der Waals surface area (Å²) in [5.41, 5.74) is 0. The summed E-state index contributed by atoms with van der Waals surface area (Å²) in [6.07, 6.45) is 3.67. The van der Waals surface area contributed by atoms with Crippen LogP contribution in [0.2, 0.25) is 0 Å². The lowest BCUT2D eigenvalue weighted by Crippen LogP contribution is -2.36. The van der Waals surface area contributed by atoms with Gasteiger partial charge in [0.1, 0.15) is 0 Å². The first kappa shape index (κ1) is 12.3. The number of hydrogen-bond donors (Lipinski definition) is 0. The molecule has 0 aromatic heterocycles. The van der Waals surface area contributed by atoms with Crippen molar-refractivity contribution in [3.05, 3.63) is 0 Å². The molecule has 1 fully saturated rings. The quantitative estimate of drug-likeness (QED) is 0.520. The van der Waals surface area contributed by atoms with Crippen molar-refractivity contribution in [2.75, 3.05) is 33.4 Å². The molecule has 84 valence electrons. The molecule has 0 radical (unpaired) electrons. The lowest BCUT2D eigenvalue weighted by atomic mass is 9.94. The molecule has 1 unspecified atom stereocenters. The molecule has 0 aromatic rings. The van der Waals surface area contributed by atoms with E-state index < -0.39 is 0 Å². The molecule has 1 atom stereocenters. The third kappa shape index (κ3) is 4.16. The lowest BCUT2D eigenvalue weighted by Gasteiger charge is -2.33.